The summed E-state index contributed by atoms with van der Waals surface area (Å²) in [5, 5.41) is 10.9. The maximum Gasteiger partial charge on any atom is 0.269 e. The first-order valence-corrected chi connectivity index (χ1v) is 7.15. The van der Waals surface area contributed by atoms with E-state index in [9.17, 15) is 10.1 Å². The van der Waals surface area contributed by atoms with E-state index >= 15 is 0 Å². The van der Waals surface area contributed by atoms with E-state index in [0.717, 1.165) is 18.5 Å². The molecule has 1 heterocycles. The van der Waals surface area contributed by atoms with Crippen LogP contribution in [-0.4, -0.2) is 34.9 Å². The highest BCUT2D eigenvalue weighted by molar-refractivity contribution is 5.36. The van der Waals surface area contributed by atoms with Gasteiger partial charge in [-0.25, -0.2) is 0 Å². The maximum absolute atomic E-state index is 10.9. The van der Waals surface area contributed by atoms with Gasteiger partial charge in [-0.3, -0.25) is 20.0 Å². The predicted molar refractivity (Wildman–Crippen MR) is 85.5 cm³/mol. The van der Waals surface area contributed by atoms with E-state index in [1.807, 2.05) is 25.2 Å². The van der Waals surface area contributed by atoms with Gasteiger partial charge >= 0.3 is 0 Å². The van der Waals surface area contributed by atoms with Gasteiger partial charge in [-0.05, 0) is 36.7 Å². The van der Waals surface area contributed by atoms with Gasteiger partial charge in [-0.1, -0.05) is 12.1 Å². The van der Waals surface area contributed by atoms with Crippen LogP contribution in [0.1, 0.15) is 17.2 Å². The van der Waals surface area contributed by atoms with Crippen LogP contribution in [0.4, 0.5) is 5.69 Å². The Bertz CT molecular complexity index is 619. The second-order valence-corrected chi connectivity index (χ2v) is 5.19. The van der Waals surface area contributed by atoms with Crippen LogP contribution in [0.25, 0.3) is 0 Å². The van der Waals surface area contributed by atoms with Crippen LogP contribution in [0.3, 0.4) is 0 Å². The Morgan fingerprint density at radius 1 is 1.32 bits per heavy atom. The van der Waals surface area contributed by atoms with Crippen LogP contribution >= 0.6 is 0 Å². The molecule has 2 rings (SSSR count). The van der Waals surface area contributed by atoms with Crippen molar-refractivity contribution in [1.29, 1.82) is 0 Å². The van der Waals surface area contributed by atoms with Gasteiger partial charge in [-0.2, -0.15) is 0 Å². The predicted octanol–water partition coefficient (Wildman–Crippen LogP) is 2.16. The van der Waals surface area contributed by atoms with Gasteiger partial charge in [0.15, 0.2) is 0 Å². The molecule has 0 saturated carbocycles. The number of aromatic nitrogens is 1. The largest absolute Gasteiger partial charge is 0.329 e. The van der Waals surface area contributed by atoms with Gasteiger partial charge in [0, 0.05) is 43.7 Å². The molecule has 0 radical (unpaired) electrons. The normalized spacial score (nSPS) is 12.3. The molecule has 0 saturated heterocycles. The van der Waals surface area contributed by atoms with Crippen molar-refractivity contribution < 1.29 is 4.92 Å². The van der Waals surface area contributed by atoms with Crippen molar-refractivity contribution in [3.05, 3.63) is 70.0 Å². The lowest BCUT2D eigenvalue weighted by Gasteiger charge is -2.27. The summed E-state index contributed by atoms with van der Waals surface area (Å²) in [5.41, 5.74) is 8.05. The number of benzene rings is 1. The first-order valence-electron chi connectivity index (χ1n) is 7.15. The standard InChI is InChI=1S/C16H20N4O2/c1-19(10-7-13-5-8-18-9-6-13)16(12-17)14-3-2-4-15(11-14)20(21)22/h2-6,8-9,11,16H,7,10,12,17H2,1H3. The van der Waals surface area contributed by atoms with Crippen LogP contribution in [0.15, 0.2) is 48.8 Å². The van der Waals surface area contributed by atoms with Gasteiger partial charge < -0.3 is 5.73 Å². The Balaban J connectivity index is 2.07. The summed E-state index contributed by atoms with van der Waals surface area (Å²) in [7, 11) is 1.98. The van der Waals surface area contributed by atoms with E-state index in [1.165, 1.54) is 11.6 Å². The zero-order valence-corrected chi connectivity index (χ0v) is 12.6. The number of hydrogen-bond donors (Lipinski definition) is 1. The number of nitro groups is 1. The van der Waals surface area contributed by atoms with Crippen LogP contribution in [0.2, 0.25) is 0 Å². The van der Waals surface area contributed by atoms with Gasteiger partial charge in [0.05, 0.1) is 4.92 Å². The van der Waals surface area contributed by atoms with E-state index in [0.29, 0.717) is 6.54 Å². The Hall–Kier alpha value is -2.31. The zero-order chi connectivity index (χ0) is 15.9. The molecule has 116 valence electrons. The maximum atomic E-state index is 10.9. The third kappa shape index (κ3) is 4.09. The summed E-state index contributed by atoms with van der Waals surface area (Å²) < 4.78 is 0. The number of nitrogens with zero attached hydrogens (tertiary/aromatic N) is 3. The van der Waals surface area contributed by atoms with Crippen molar-refractivity contribution in [2.75, 3.05) is 20.1 Å². The molecule has 1 atom stereocenters. The van der Waals surface area contributed by atoms with Crippen LogP contribution in [0, 0.1) is 10.1 Å². The number of pyridine rings is 1. The van der Waals surface area contributed by atoms with Crippen LogP contribution in [-0.2, 0) is 6.42 Å². The summed E-state index contributed by atoms with van der Waals surface area (Å²) in [6.45, 7) is 1.22. The number of nitrogens with two attached hydrogens (primary N) is 1. The van der Waals surface area contributed by atoms with Gasteiger partial charge in [0.1, 0.15) is 0 Å². The van der Waals surface area contributed by atoms with Crippen molar-refractivity contribution in [1.82, 2.24) is 9.88 Å². The molecule has 0 aliphatic carbocycles. The van der Waals surface area contributed by atoms with Crippen molar-refractivity contribution in [2.24, 2.45) is 5.73 Å². The van der Waals surface area contributed by atoms with Gasteiger partial charge in [0.2, 0.25) is 0 Å². The fourth-order valence-corrected chi connectivity index (χ4v) is 2.43. The average Bonchev–Trinajstić information content (AvgIpc) is 2.55. The SMILES string of the molecule is CN(CCc1ccncc1)C(CN)c1cccc([N+](=O)[O-])c1. The molecule has 22 heavy (non-hydrogen) atoms. The van der Waals surface area contributed by atoms with Crippen molar-refractivity contribution in [2.45, 2.75) is 12.5 Å². The molecule has 1 unspecified atom stereocenters. The molecule has 1 aromatic carbocycles. The summed E-state index contributed by atoms with van der Waals surface area (Å²) in [6.07, 6.45) is 4.43. The minimum absolute atomic E-state index is 0.0401. The van der Waals surface area contributed by atoms with Crippen molar-refractivity contribution >= 4 is 5.69 Å². The van der Waals surface area contributed by atoms with E-state index in [1.54, 1.807) is 24.5 Å². The molecule has 0 aliphatic rings. The molecular formula is C16H20N4O2. The first kappa shape index (κ1) is 16.1. The van der Waals surface area contributed by atoms with E-state index < -0.39 is 0 Å². The molecule has 0 bridgehead atoms. The lowest BCUT2D eigenvalue weighted by molar-refractivity contribution is -0.384. The fraction of sp³-hybridized carbons (Fsp3) is 0.312. The zero-order valence-electron chi connectivity index (χ0n) is 12.6. The van der Waals surface area contributed by atoms with Crippen LogP contribution < -0.4 is 5.73 Å². The van der Waals surface area contributed by atoms with Crippen LogP contribution in [0.5, 0.6) is 0 Å². The molecule has 6 heteroatoms. The smallest absolute Gasteiger partial charge is 0.269 e. The molecule has 0 fully saturated rings. The molecule has 0 aliphatic heterocycles. The topological polar surface area (TPSA) is 85.3 Å². The second-order valence-electron chi connectivity index (χ2n) is 5.19. The number of likely N-dealkylation sites (N-methyl/N-ethyl adjacent to an activating group) is 1. The van der Waals surface area contributed by atoms with Gasteiger partial charge in [0.25, 0.3) is 5.69 Å². The lowest BCUT2D eigenvalue weighted by atomic mass is 10.0. The highest BCUT2D eigenvalue weighted by Gasteiger charge is 2.17. The average molecular weight is 300 g/mol. The van der Waals surface area contributed by atoms with Crippen molar-refractivity contribution in [3.8, 4) is 0 Å². The number of nitro benzene ring substituents is 1. The second kappa shape index (κ2) is 7.63. The van der Waals surface area contributed by atoms with E-state index in [4.69, 9.17) is 5.73 Å². The third-order valence-corrected chi connectivity index (χ3v) is 3.72. The molecule has 0 amide bonds. The monoisotopic (exact) mass is 300 g/mol. The Morgan fingerprint density at radius 2 is 2.05 bits per heavy atom. The molecule has 2 aromatic rings. The number of non-ortho nitro benzene ring substituents is 1. The molecule has 1 aromatic heterocycles. The number of hydrogen-bond acceptors (Lipinski definition) is 5. The molecule has 2 N–H and O–H groups in total. The Morgan fingerprint density at radius 3 is 2.68 bits per heavy atom. The fourth-order valence-electron chi connectivity index (χ4n) is 2.43. The number of rotatable bonds is 7. The molecular weight excluding hydrogens is 280 g/mol. The minimum Gasteiger partial charge on any atom is -0.329 e. The highest BCUT2D eigenvalue weighted by Crippen LogP contribution is 2.22. The Labute approximate surface area is 129 Å². The summed E-state index contributed by atoms with van der Waals surface area (Å²) in [5.74, 6) is 0. The molecule has 6 nitrogen and oxygen atoms in total. The molecule has 0 spiro atoms. The highest BCUT2D eigenvalue weighted by atomic mass is 16.6. The van der Waals surface area contributed by atoms with E-state index in [-0.39, 0.29) is 16.7 Å². The quantitative estimate of drug-likeness (QED) is 0.625. The minimum atomic E-state index is -0.381. The van der Waals surface area contributed by atoms with E-state index in [2.05, 4.69) is 9.88 Å². The lowest BCUT2D eigenvalue weighted by Crippen LogP contribution is -2.32. The van der Waals surface area contributed by atoms with Crippen molar-refractivity contribution in [3.63, 3.8) is 0 Å². The first-order chi connectivity index (χ1) is 10.6. The third-order valence-electron chi connectivity index (χ3n) is 3.72. The summed E-state index contributed by atoms with van der Waals surface area (Å²) in [4.78, 5) is 16.6. The Kier molecular flexibility index (Phi) is 5.57. The summed E-state index contributed by atoms with van der Waals surface area (Å²) >= 11 is 0. The van der Waals surface area contributed by atoms with Gasteiger partial charge in [-0.15, -0.1) is 0 Å². The summed E-state index contributed by atoms with van der Waals surface area (Å²) in [6, 6.07) is 10.6.